The SMILES string of the molecule is CN1c2ccc(C(=O)O)cc2C(=O)/C(=C\c2ccc(Cl)cc2)[S+]1[O-]. The maximum absolute atomic E-state index is 12.7. The molecule has 0 fully saturated rings. The molecule has 0 aliphatic carbocycles. The summed E-state index contributed by atoms with van der Waals surface area (Å²) in [7, 11) is 1.59. The largest absolute Gasteiger partial charge is 0.588 e. The van der Waals surface area contributed by atoms with Crippen LogP contribution < -0.4 is 4.31 Å². The second-order valence-electron chi connectivity index (χ2n) is 5.17. The van der Waals surface area contributed by atoms with Crippen molar-refractivity contribution in [2.45, 2.75) is 0 Å². The van der Waals surface area contributed by atoms with Gasteiger partial charge in [-0.2, -0.15) is 4.31 Å². The Morgan fingerprint density at radius 1 is 1.25 bits per heavy atom. The lowest BCUT2D eigenvalue weighted by molar-refractivity contribution is 0.0697. The molecule has 0 bridgehead atoms. The predicted octanol–water partition coefficient (Wildman–Crippen LogP) is 3.38. The predicted molar refractivity (Wildman–Crippen MR) is 93.7 cm³/mol. The number of Topliss-reactive ketones (excluding diaryl/α,β-unsaturated/α-hetero) is 1. The highest BCUT2D eigenvalue weighted by molar-refractivity contribution is 7.97. The molecule has 0 aromatic heterocycles. The Kier molecular flexibility index (Phi) is 4.36. The van der Waals surface area contributed by atoms with Crippen LogP contribution in [0.1, 0.15) is 26.3 Å². The van der Waals surface area contributed by atoms with E-state index in [0.29, 0.717) is 16.3 Å². The molecule has 0 amide bonds. The van der Waals surface area contributed by atoms with E-state index in [-0.39, 0.29) is 16.0 Å². The van der Waals surface area contributed by atoms with Gasteiger partial charge < -0.3 is 9.66 Å². The number of fused-ring (bicyclic) bond motifs is 1. The number of aromatic carboxylic acids is 1. The molecule has 1 unspecified atom stereocenters. The van der Waals surface area contributed by atoms with E-state index < -0.39 is 23.1 Å². The number of carboxylic acid groups (broad SMARTS) is 1. The molecule has 2 aromatic carbocycles. The molecule has 0 saturated heterocycles. The van der Waals surface area contributed by atoms with Gasteiger partial charge in [0.05, 0.1) is 23.9 Å². The molecule has 2 aromatic rings. The number of hydrogen-bond donors (Lipinski definition) is 1. The van der Waals surface area contributed by atoms with Gasteiger partial charge in [0.2, 0.25) is 10.7 Å². The Morgan fingerprint density at radius 2 is 1.92 bits per heavy atom. The quantitative estimate of drug-likeness (QED) is 0.655. The molecule has 1 atom stereocenters. The van der Waals surface area contributed by atoms with Gasteiger partial charge in [-0.1, -0.05) is 23.7 Å². The number of carbonyl (C=O) groups excluding carboxylic acids is 1. The fourth-order valence-electron chi connectivity index (χ4n) is 2.40. The number of allylic oxidation sites excluding steroid dienone is 1. The monoisotopic (exact) mass is 361 g/mol. The average molecular weight is 362 g/mol. The fraction of sp³-hybridized carbons (Fsp3) is 0.0588. The lowest BCUT2D eigenvalue weighted by Gasteiger charge is -2.29. The molecule has 1 aliphatic heterocycles. The summed E-state index contributed by atoms with van der Waals surface area (Å²) in [6, 6.07) is 11.0. The lowest BCUT2D eigenvalue weighted by Crippen LogP contribution is -2.36. The molecule has 0 radical (unpaired) electrons. The zero-order valence-electron chi connectivity index (χ0n) is 12.5. The minimum atomic E-state index is -1.67. The lowest BCUT2D eigenvalue weighted by atomic mass is 10.0. The first-order valence-electron chi connectivity index (χ1n) is 6.93. The molecule has 122 valence electrons. The summed E-state index contributed by atoms with van der Waals surface area (Å²) in [6.45, 7) is 0. The maximum Gasteiger partial charge on any atom is 0.335 e. The summed E-state index contributed by atoms with van der Waals surface area (Å²) in [5.41, 5.74) is 1.35. The Balaban J connectivity index is 2.10. The number of anilines is 1. The summed E-state index contributed by atoms with van der Waals surface area (Å²) in [4.78, 5) is 23.9. The number of carbonyl (C=O) groups is 2. The zero-order chi connectivity index (χ0) is 17.4. The van der Waals surface area contributed by atoms with Crippen LogP contribution in [0.4, 0.5) is 5.69 Å². The van der Waals surface area contributed by atoms with E-state index in [1.807, 2.05) is 0 Å². The highest BCUT2D eigenvalue weighted by Crippen LogP contribution is 2.35. The van der Waals surface area contributed by atoms with Crippen LogP contribution in [0.3, 0.4) is 0 Å². The topological polar surface area (TPSA) is 80.7 Å². The van der Waals surface area contributed by atoms with Gasteiger partial charge in [0.1, 0.15) is 11.4 Å². The Bertz CT molecular complexity index is 863. The molecule has 0 saturated carbocycles. The van der Waals surface area contributed by atoms with Gasteiger partial charge in [-0.15, -0.1) is 0 Å². The average Bonchev–Trinajstić information content (AvgIpc) is 2.58. The van der Waals surface area contributed by atoms with Crippen molar-refractivity contribution >= 4 is 46.5 Å². The van der Waals surface area contributed by atoms with Crippen molar-refractivity contribution in [1.82, 2.24) is 0 Å². The highest BCUT2D eigenvalue weighted by atomic mass is 35.5. The van der Waals surface area contributed by atoms with Crippen molar-refractivity contribution in [1.29, 1.82) is 0 Å². The summed E-state index contributed by atoms with van der Waals surface area (Å²) >= 11 is 4.16. The number of rotatable bonds is 2. The van der Waals surface area contributed by atoms with Crippen molar-refractivity contribution < 1.29 is 19.2 Å². The smallest absolute Gasteiger partial charge is 0.335 e. The minimum absolute atomic E-state index is 0.00836. The standard InChI is InChI=1S/C17H12ClNO4S/c1-19-14-7-4-11(17(21)22)9-13(14)16(20)15(24(19)23)8-10-2-5-12(18)6-3-10/h2-9H,1H3,(H,21,22)/b15-8+. The third kappa shape index (κ3) is 2.91. The van der Waals surface area contributed by atoms with E-state index in [0.717, 1.165) is 0 Å². The molecular formula is C17H12ClNO4S. The normalized spacial score (nSPS) is 18.6. The fourth-order valence-corrected chi connectivity index (χ4v) is 3.67. The van der Waals surface area contributed by atoms with Gasteiger partial charge >= 0.3 is 5.97 Å². The third-order valence-corrected chi connectivity index (χ3v) is 5.28. The first-order valence-corrected chi connectivity index (χ1v) is 8.42. The van der Waals surface area contributed by atoms with Gasteiger partial charge in [-0.3, -0.25) is 4.79 Å². The Morgan fingerprint density at radius 3 is 2.54 bits per heavy atom. The van der Waals surface area contributed by atoms with Gasteiger partial charge in [-0.25, -0.2) is 4.79 Å². The molecule has 1 heterocycles. The number of hydrogen-bond acceptors (Lipinski definition) is 4. The van der Waals surface area contributed by atoms with Gasteiger partial charge in [0, 0.05) is 11.1 Å². The number of ketones is 1. The Labute approximate surface area is 146 Å². The first kappa shape index (κ1) is 16.6. The van der Waals surface area contributed by atoms with Crippen LogP contribution in [0.2, 0.25) is 5.02 Å². The van der Waals surface area contributed by atoms with Gasteiger partial charge in [-0.05, 0) is 35.9 Å². The molecule has 24 heavy (non-hydrogen) atoms. The van der Waals surface area contributed by atoms with Crippen LogP contribution in [0.25, 0.3) is 6.08 Å². The van der Waals surface area contributed by atoms with E-state index in [1.165, 1.54) is 28.6 Å². The second-order valence-corrected chi connectivity index (χ2v) is 7.10. The molecule has 7 heteroatoms. The van der Waals surface area contributed by atoms with E-state index >= 15 is 0 Å². The zero-order valence-corrected chi connectivity index (χ0v) is 14.1. The molecule has 1 N–H and O–H groups in total. The Hall–Kier alpha value is -2.28. The van der Waals surface area contributed by atoms with E-state index in [2.05, 4.69) is 0 Å². The van der Waals surface area contributed by atoms with Crippen molar-refractivity contribution in [3.05, 3.63) is 69.1 Å². The summed E-state index contributed by atoms with van der Waals surface area (Å²) in [6.07, 6.45) is 1.53. The molecule has 5 nitrogen and oxygen atoms in total. The molecule has 3 rings (SSSR count). The van der Waals surface area contributed by atoms with Crippen molar-refractivity contribution in [2.24, 2.45) is 0 Å². The molecule has 0 spiro atoms. The summed E-state index contributed by atoms with van der Waals surface area (Å²) in [5, 5.41) is 9.66. The van der Waals surface area contributed by atoms with Crippen LogP contribution in [0.15, 0.2) is 47.4 Å². The van der Waals surface area contributed by atoms with Crippen molar-refractivity contribution in [3.63, 3.8) is 0 Å². The van der Waals surface area contributed by atoms with E-state index in [9.17, 15) is 14.1 Å². The van der Waals surface area contributed by atoms with Gasteiger partial charge in [0.15, 0.2) is 0 Å². The van der Waals surface area contributed by atoms with E-state index in [4.69, 9.17) is 16.7 Å². The van der Waals surface area contributed by atoms with Crippen LogP contribution in [0, 0.1) is 0 Å². The number of benzene rings is 2. The van der Waals surface area contributed by atoms with Crippen LogP contribution in [-0.4, -0.2) is 28.5 Å². The minimum Gasteiger partial charge on any atom is -0.588 e. The number of carboxylic acids is 1. The second kappa shape index (κ2) is 6.32. The first-order chi connectivity index (χ1) is 11.4. The highest BCUT2D eigenvalue weighted by Gasteiger charge is 2.38. The van der Waals surface area contributed by atoms with Crippen LogP contribution >= 0.6 is 11.6 Å². The number of halogens is 1. The maximum atomic E-state index is 12.7. The summed E-state index contributed by atoms with van der Waals surface area (Å²) < 4.78 is 14.0. The summed E-state index contributed by atoms with van der Waals surface area (Å²) in [5.74, 6) is -1.57. The van der Waals surface area contributed by atoms with Crippen LogP contribution in [-0.2, 0) is 11.4 Å². The third-order valence-electron chi connectivity index (χ3n) is 3.66. The van der Waals surface area contributed by atoms with Crippen molar-refractivity contribution in [3.8, 4) is 0 Å². The van der Waals surface area contributed by atoms with Gasteiger partial charge in [0.25, 0.3) is 0 Å². The molecular weight excluding hydrogens is 350 g/mol. The van der Waals surface area contributed by atoms with Crippen LogP contribution in [0.5, 0.6) is 0 Å². The van der Waals surface area contributed by atoms with E-state index in [1.54, 1.807) is 31.3 Å². The van der Waals surface area contributed by atoms with Crippen molar-refractivity contribution in [2.75, 3.05) is 11.4 Å². The number of nitrogens with zero attached hydrogens (tertiary/aromatic N) is 1. The molecule has 1 aliphatic rings.